The first-order chi connectivity index (χ1) is 7.54. The number of halogens is 1. The van der Waals surface area contributed by atoms with Crippen LogP contribution in [0.2, 0.25) is 0 Å². The number of hydrogen-bond donors (Lipinski definition) is 1. The predicted octanol–water partition coefficient (Wildman–Crippen LogP) is 3.75. The van der Waals surface area contributed by atoms with Gasteiger partial charge in [0.25, 0.3) is 0 Å². The minimum Gasteiger partial charge on any atom is -0.327 e. The average molecular weight is 241 g/mol. The molecule has 0 radical (unpaired) electrons. The Balaban J connectivity index is 2.85. The summed E-state index contributed by atoms with van der Waals surface area (Å²) in [5.74, 6) is -0.187. The standard InChI is InChI=1S/C13H20FNS/c1-4-9(2)16-13(10(3)15)11-6-5-7-12(14)8-11/h5-10,13H,4,15H2,1-3H3. The molecule has 2 N–H and O–H groups in total. The highest BCUT2D eigenvalue weighted by Crippen LogP contribution is 2.35. The first-order valence-electron chi connectivity index (χ1n) is 5.71. The summed E-state index contributed by atoms with van der Waals surface area (Å²) in [6.07, 6.45) is 1.10. The third-order valence-electron chi connectivity index (χ3n) is 2.61. The smallest absolute Gasteiger partial charge is 0.123 e. The summed E-state index contributed by atoms with van der Waals surface area (Å²) in [7, 11) is 0. The Morgan fingerprint density at radius 2 is 2.06 bits per heavy atom. The van der Waals surface area contributed by atoms with Crippen LogP contribution in [0.1, 0.15) is 38.0 Å². The van der Waals surface area contributed by atoms with Gasteiger partial charge in [-0.05, 0) is 31.0 Å². The van der Waals surface area contributed by atoms with Gasteiger partial charge in [-0.2, -0.15) is 0 Å². The number of thioether (sulfide) groups is 1. The Kier molecular flexibility index (Phi) is 5.29. The molecule has 1 aromatic rings. The van der Waals surface area contributed by atoms with Crippen molar-refractivity contribution in [3.8, 4) is 0 Å². The lowest BCUT2D eigenvalue weighted by molar-refractivity contribution is 0.621. The molecular formula is C13H20FNS. The SMILES string of the molecule is CCC(C)SC(c1cccc(F)c1)C(C)N. The minimum atomic E-state index is -0.187. The Labute approximate surface area is 102 Å². The molecule has 0 saturated heterocycles. The van der Waals surface area contributed by atoms with Gasteiger partial charge < -0.3 is 5.73 Å². The van der Waals surface area contributed by atoms with Crippen LogP contribution in [0.4, 0.5) is 4.39 Å². The number of benzene rings is 1. The zero-order valence-electron chi connectivity index (χ0n) is 10.1. The maximum Gasteiger partial charge on any atom is 0.123 e. The van der Waals surface area contributed by atoms with Gasteiger partial charge in [-0.3, -0.25) is 0 Å². The highest BCUT2D eigenvalue weighted by molar-refractivity contribution is 8.00. The van der Waals surface area contributed by atoms with Crippen LogP contribution in [0, 0.1) is 5.82 Å². The van der Waals surface area contributed by atoms with E-state index in [-0.39, 0.29) is 17.1 Å². The van der Waals surface area contributed by atoms with Gasteiger partial charge in [0.15, 0.2) is 0 Å². The fourth-order valence-corrected chi connectivity index (χ4v) is 2.78. The molecule has 0 aliphatic carbocycles. The molecule has 3 heteroatoms. The summed E-state index contributed by atoms with van der Waals surface area (Å²) in [6, 6.07) is 6.78. The van der Waals surface area contributed by atoms with E-state index < -0.39 is 0 Å². The minimum absolute atomic E-state index is 0.0285. The van der Waals surface area contributed by atoms with Crippen LogP contribution in [0.3, 0.4) is 0 Å². The summed E-state index contributed by atoms with van der Waals surface area (Å²) in [6.45, 7) is 6.31. The molecule has 0 bridgehead atoms. The second kappa shape index (κ2) is 6.26. The molecule has 16 heavy (non-hydrogen) atoms. The van der Waals surface area contributed by atoms with Gasteiger partial charge in [0.1, 0.15) is 5.82 Å². The summed E-state index contributed by atoms with van der Waals surface area (Å²) in [4.78, 5) is 0. The lowest BCUT2D eigenvalue weighted by atomic mass is 10.1. The van der Waals surface area contributed by atoms with Gasteiger partial charge in [0.2, 0.25) is 0 Å². The molecular weight excluding hydrogens is 221 g/mol. The van der Waals surface area contributed by atoms with E-state index in [1.54, 1.807) is 12.1 Å². The van der Waals surface area contributed by atoms with Crippen molar-refractivity contribution in [2.24, 2.45) is 5.73 Å². The number of rotatable bonds is 5. The molecule has 0 aliphatic rings. The monoisotopic (exact) mass is 241 g/mol. The Hall–Kier alpha value is -0.540. The quantitative estimate of drug-likeness (QED) is 0.849. The fourth-order valence-electron chi connectivity index (χ4n) is 1.54. The van der Waals surface area contributed by atoms with Crippen molar-refractivity contribution in [1.29, 1.82) is 0 Å². The third-order valence-corrected chi connectivity index (χ3v) is 4.40. The van der Waals surface area contributed by atoms with E-state index in [1.807, 2.05) is 24.8 Å². The average Bonchev–Trinajstić information content (AvgIpc) is 2.25. The van der Waals surface area contributed by atoms with Gasteiger partial charge >= 0.3 is 0 Å². The van der Waals surface area contributed by atoms with Gasteiger partial charge in [-0.15, -0.1) is 11.8 Å². The molecule has 3 unspecified atom stereocenters. The van der Waals surface area contributed by atoms with Crippen LogP contribution in [0.15, 0.2) is 24.3 Å². The zero-order chi connectivity index (χ0) is 12.1. The summed E-state index contributed by atoms with van der Waals surface area (Å²) < 4.78 is 13.2. The molecule has 0 fully saturated rings. The van der Waals surface area contributed by atoms with E-state index in [2.05, 4.69) is 13.8 Å². The second-order valence-electron chi connectivity index (χ2n) is 4.19. The van der Waals surface area contributed by atoms with Crippen molar-refractivity contribution in [3.05, 3.63) is 35.6 Å². The Morgan fingerprint density at radius 1 is 1.38 bits per heavy atom. The summed E-state index contributed by atoms with van der Waals surface area (Å²) in [5, 5.41) is 0.713. The van der Waals surface area contributed by atoms with Gasteiger partial charge in [-0.1, -0.05) is 26.0 Å². The van der Waals surface area contributed by atoms with Gasteiger partial charge in [0, 0.05) is 16.5 Å². The molecule has 90 valence electrons. The van der Waals surface area contributed by atoms with Crippen LogP contribution in [-0.2, 0) is 0 Å². The van der Waals surface area contributed by atoms with Crippen LogP contribution >= 0.6 is 11.8 Å². The normalized spacial score (nSPS) is 16.8. The predicted molar refractivity (Wildman–Crippen MR) is 70.1 cm³/mol. The molecule has 0 heterocycles. The molecule has 0 aliphatic heterocycles. The molecule has 0 amide bonds. The molecule has 1 nitrogen and oxygen atoms in total. The second-order valence-corrected chi connectivity index (χ2v) is 5.77. The third kappa shape index (κ3) is 3.80. The van der Waals surface area contributed by atoms with E-state index in [9.17, 15) is 4.39 Å². The highest BCUT2D eigenvalue weighted by Gasteiger charge is 2.19. The van der Waals surface area contributed by atoms with Crippen molar-refractivity contribution in [2.75, 3.05) is 0 Å². The first-order valence-corrected chi connectivity index (χ1v) is 6.65. The van der Waals surface area contributed by atoms with Crippen molar-refractivity contribution in [1.82, 2.24) is 0 Å². The largest absolute Gasteiger partial charge is 0.327 e. The van der Waals surface area contributed by atoms with Crippen molar-refractivity contribution in [2.45, 2.75) is 43.7 Å². The first kappa shape index (κ1) is 13.5. The molecule has 0 aromatic heterocycles. The fraction of sp³-hybridized carbons (Fsp3) is 0.538. The Morgan fingerprint density at radius 3 is 2.56 bits per heavy atom. The van der Waals surface area contributed by atoms with Crippen molar-refractivity contribution >= 4 is 11.8 Å². The van der Waals surface area contributed by atoms with Crippen LogP contribution < -0.4 is 5.73 Å². The van der Waals surface area contributed by atoms with Crippen LogP contribution in [0.5, 0.6) is 0 Å². The van der Waals surface area contributed by atoms with E-state index in [4.69, 9.17) is 5.73 Å². The van der Waals surface area contributed by atoms with Crippen LogP contribution in [0.25, 0.3) is 0 Å². The molecule has 0 spiro atoms. The maximum atomic E-state index is 13.2. The molecule has 3 atom stereocenters. The van der Waals surface area contributed by atoms with Gasteiger partial charge in [-0.25, -0.2) is 4.39 Å². The highest BCUT2D eigenvalue weighted by atomic mass is 32.2. The number of hydrogen-bond acceptors (Lipinski definition) is 2. The molecule has 0 saturated carbocycles. The summed E-state index contributed by atoms with van der Waals surface area (Å²) >= 11 is 1.82. The lowest BCUT2D eigenvalue weighted by Crippen LogP contribution is -2.24. The molecule has 1 rings (SSSR count). The van der Waals surface area contributed by atoms with Crippen molar-refractivity contribution in [3.63, 3.8) is 0 Å². The Bertz CT molecular complexity index is 327. The van der Waals surface area contributed by atoms with E-state index >= 15 is 0 Å². The topological polar surface area (TPSA) is 26.0 Å². The summed E-state index contributed by atoms with van der Waals surface area (Å²) in [5.41, 5.74) is 6.96. The van der Waals surface area contributed by atoms with E-state index in [1.165, 1.54) is 6.07 Å². The van der Waals surface area contributed by atoms with E-state index in [0.717, 1.165) is 12.0 Å². The zero-order valence-corrected chi connectivity index (χ0v) is 10.9. The maximum absolute atomic E-state index is 13.2. The van der Waals surface area contributed by atoms with E-state index in [0.29, 0.717) is 5.25 Å². The lowest BCUT2D eigenvalue weighted by Gasteiger charge is -2.23. The number of nitrogens with two attached hydrogens (primary N) is 1. The van der Waals surface area contributed by atoms with Crippen molar-refractivity contribution < 1.29 is 4.39 Å². The van der Waals surface area contributed by atoms with Crippen LogP contribution in [-0.4, -0.2) is 11.3 Å². The molecule has 1 aromatic carbocycles. The van der Waals surface area contributed by atoms with Gasteiger partial charge in [0.05, 0.1) is 0 Å².